The maximum absolute atomic E-state index is 11.7. The van der Waals surface area contributed by atoms with Gasteiger partial charge in [0.15, 0.2) is 0 Å². The van der Waals surface area contributed by atoms with E-state index in [9.17, 15) is 14.4 Å². The zero-order chi connectivity index (χ0) is 13.1. The smallest absolute Gasteiger partial charge is 0.251 e. The lowest BCUT2D eigenvalue weighted by molar-refractivity contribution is -0.118. The van der Waals surface area contributed by atoms with Crippen LogP contribution in [0.3, 0.4) is 0 Å². The van der Waals surface area contributed by atoms with Gasteiger partial charge in [-0.05, 0) is 23.8 Å². The Balaban J connectivity index is 2.01. The number of fused-ring (bicyclic) bond motifs is 1. The molecule has 0 fully saturated rings. The molecule has 0 aliphatic carbocycles. The number of primary amides is 1. The third kappa shape index (κ3) is 2.65. The molecule has 3 amide bonds. The highest BCUT2D eigenvalue weighted by Gasteiger charge is 2.18. The number of amides is 3. The second kappa shape index (κ2) is 4.87. The van der Waals surface area contributed by atoms with Gasteiger partial charge >= 0.3 is 0 Å². The molecule has 1 heterocycles. The Bertz CT molecular complexity index is 525. The Hall–Kier alpha value is -2.37. The average Bonchev–Trinajstić information content (AvgIpc) is 2.67. The van der Waals surface area contributed by atoms with Crippen molar-refractivity contribution in [3.05, 3.63) is 29.3 Å². The van der Waals surface area contributed by atoms with Crippen molar-refractivity contribution in [2.24, 2.45) is 5.73 Å². The van der Waals surface area contributed by atoms with Gasteiger partial charge in [-0.3, -0.25) is 14.4 Å². The summed E-state index contributed by atoms with van der Waals surface area (Å²) >= 11 is 0. The first-order chi connectivity index (χ1) is 8.56. The van der Waals surface area contributed by atoms with E-state index in [2.05, 4.69) is 10.6 Å². The lowest BCUT2D eigenvalue weighted by atomic mass is 10.1. The zero-order valence-electron chi connectivity index (χ0n) is 9.66. The topological polar surface area (TPSA) is 101 Å². The number of benzene rings is 1. The lowest BCUT2D eigenvalue weighted by Crippen LogP contribution is -2.27. The van der Waals surface area contributed by atoms with E-state index in [-0.39, 0.29) is 31.2 Å². The summed E-state index contributed by atoms with van der Waals surface area (Å²) in [4.78, 5) is 33.4. The van der Waals surface area contributed by atoms with Crippen LogP contribution in [0.1, 0.15) is 22.3 Å². The number of hydrogen-bond acceptors (Lipinski definition) is 3. The van der Waals surface area contributed by atoms with Gasteiger partial charge in [-0.1, -0.05) is 0 Å². The molecular formula is C12H13N3O3. The summed E-state index contributed by atoms with van der Waals surface area (Å²) in [6, 6.07) is 5.00. The molecule has 1 aromatic carbocycles. The molecule has 4 N–H and O–H groups in total. The van der Waals surface area contributed by atoms with Crippen molar-refractivity contribution >= 4 is 23.4 Å². The van der Waals surface area contributed by atoms with Crippen LogP contribution in [0.15, 0.2) is 18.2 Å². The van der Waals surface area contributed by atoms with Crippen molar-refractivity contribution in [1.82, 2.24) is 5.32 Å². The summed E-state index contributed by atoms with van der Waals surface area (Å²) < 4.78 is 0. The second-order valence-electron chi connectivity index (χ2n) is 4.07. The summed E-state index contributed by atoms with van der Waals surface area (Å²) in [7, 11) is 0. The van der Waals surface area contributed by atoms with Gasteiger partial charge in [-0.25, -0.2) is 0 Å². The molecule has 0 atom stereocenters. The molecule has 6 nitrogen and oxygen atoms in total. The Morgan fingerprint density at radius 3 is 2.89 bits per heavy atom. The molecule has 0 saturated carbocycles. The Labute approximate surface area is 104 Å². The second-order valence-corrected chi connectivity index (χ2v) is 4.07. The molecule has 2 rings (SSSR count). The van der Waals surface area contributed by atoms with Gasteiger partial charge in [-0.2, -0.15) is 0 Å². The van der Waals surface area contributed by atoms with E-state index in [4.69, 9.17) is 5.73 Å². The van der Waals surface area contributed by atoms with Crippen LogP contribution in [0.2, 0.25) is 0 Å². The van der Waals surface area contributed by atoms with Gasteiger partial charge in [-0.15, -0.1) is 0 Å². The monoisotopic (exact) mass is 247 g/mol. The fourth-order valence-corrected chi connectivity index (χ4v) is 1.77. The normalized spacial score (nSPS) is 12.8. The summed E-state index contributed by atoms with van der Waals surface area (Å²) in [5, 5.41) is 5.28. The van der Waals surface area contributed by atoms with Crippen LogP contribution >= 0.6 is 0 Å². The average molecular weight is 247 g/mol. The standard InChI is InChI=1S/C12H13N3O3/c13-10(16)3-4-14-12(18)7-1-2-9-8(5-7)6-11(17)15-9/h1-2,5H,3-4,6H2,(H2,13,16)(H,14,18)(H,15,17). The lowest BCUT2D eigenvalue weighted by Gasteiger charge is -2.05. The number of carbonyl (C=O) groups is 3. The van der Waals surface area contributed by atoms with E-state index in [1.54, 1.807) is 18.2 Å². The Morgan fingerprint density at radius 1 is 1.39 bits per heavy atom. The van der Waals surface area contributed by atoms with Crippen LogP contribution in [-0.2, 0) is 16.0 Å². The molecule has 1 aromatic rings. The Morgan fingerprint density at radius 2 is 2.17 bits per heavy atom. The van der Waals surface area contributed by atoms with E-state index >= 15 is 0 Å². The van der Waals surface area contributed by atoms with E-state index < -0.39 is 5.91 Å². The zero-order valence-corrected chi connectivity index (χ0v) is 9.66. The highest BCUT2D eigenvalue weighted by molar-refractivity contribution is 6.01. The SMILES string of the molecule is NC(=O)CCNC(=O)c1ccc2c(c1)CC(=O)N2. The third-order valence-corrected chi connectivity index (χ3v) is 2.65. The van der Waals surface area contributed by atoms with Gasteiger partial charge in [0.2, 0.25) is 11.8 Å². The van der Waals surface area contributed by atoms with Crippen molar-refractivity contribution in [1.29, 1.82) is 0 Å². The van der Waals surface area contributed by atoms with Gasteiger partial charge in [0.05, 0.1) is 6.42 Å². The summed E-state index contributed by atoms with van der Waals surface area (Å²) in [5.74, 6) is -0.811. The van der Waals surface area contributed by atoms with Gasteiger partial charge in [0.1, 0.15) is 0 Å². The fourth-order valence-electron chi connectivity index (χ4n) is 1.77. The number of carbonyl (C=O) groups excluding carboxylic acids is 3. The number of nitrogens with two attached hydrogens (primary N) is 1. The summed E-state index contributed by atoms with van der Waals surface area (Å²) in [5.41, 5.74) is 6.99. The summed E-state index contributed by atoms with van der Waals surface area (Å²) in [6.45, 7) is 0.211. The van der Waals surface area contributed by atoms with E-state index in [1.165, 1.54) is 0 Å². The molecule has 6 heteroatoms. The number of nitrogens with one attached hydrogen (secondary N) is 2. The van der Waals surface area contributed by atoms with Crippen LogP contribution < -0.4 is 16.4 Å². The van der Waals surface area contributed by atoms with Crippen molar-refractivity contribution < 1.29 is 14.4 Å². The predicted octanol–water partition coefficient (Wildman–Crippen LogP) is -0.214. The molecular weight excluding hydrogens is 234 g/mol. The molecule has 0 aromatic heterocycles. The minimum Gasteiger partial charge on any atom is -0.370 e. The van der Waals surface area contributed by atoms with Crippen molar-refractivity contribution in [3.8, 4) is 0 Å². The van der Waals surface area contributed by atoms with Crippen LogP contribution in [0.5, 0.6) is 0 Å². The van der Waals surface area contributed by atoms with Crippen molar-refractivity contribution in [3.63, 3.8) is 0 Å². The molecule has 1 aliphatic rings. The maximum Gasteiger partial charge on any atom is 0.251 e. The van der Waals surface area contributed by atoms with Crippen molar-refractivity contribution in [2.75, 3.05) is 11.9 Å². The Kier molecular flexibility index (Phi) is 3.27. The molecule has 0 unspecified atom stereocenters. The minimum absolute atomic E-state index is 0.0729. The number of anilines is 1. The van der Waals surface area contributed by atoms with Gasteiger partial charge < -0.3 is 16.4 Å². The number of hydrogen-bond donors (Lipinski definition) is 3. The molecule has 1 aliphatic heterocycles. The van der Waals surface area contributed by atoms with E-state index in [1.807, 2.05) is 0 Å². The van der Waals surface area contributed by atoms with Crippen LogP contribution in [0.4, 0.5) is 5.69 Å². The van der Waals surface area contributed by atoms with Gasteiger partial charge in [0.25, 0.3) is 5.91 Å². The first kappa shape index (κ1) is 12.1. The quantitative estimate of drug-likeness (QED) is 0.685. The maximum atomic E-state index is 11.7. The molecule has 94 valence electrons. The largest absolute Gasteiger partial charge is 0.370 e. The van der Waals surface area contributed by atoms with Crippen LogP contribution in [0.25, 0.3) is 0 Å². The highest BCUT2D eigenvalue weighted by atomic mass is 16.2. The van der Waals surface area contributed by atoms with Crippen LogP contribution in [-0.4, -0.2) is 24.3 Å². The number of rotatable bonds is 4. The minimum atomic E-state index is -0.459. The predicted molar refractivity (Wildman–Crippen MR) is 64.9 cm³/mol. The van der Waals surface area contributed by atoms with Crippen molar-refractivity contribution in [2.45, 2.75) is 12.8 Å². The molecule has 18 heavy (non-hydrogen) atoms. The first-order valence-corrected chi connectivity index (χ1v) is 5.55. The first-order valence-electron chi connectivity index (χ1n) is 5.55. The van der Waals surface area contributed by atoms with E-state index in [0.717, 1.165) is 11.3 Å². The molecule has 0 bridgehead atoms. The van der Waals surface area contributed by atoms with E-state index in [0.29, 0.717) is 5.56 Å². The summed E-state index contributed by atoms with van der Waals surface area (Å²) in [6.07, 6.45) is 0.397. The third-order valence-electron chi connectivity index (χ3n) is 2.65. The fraction of sp³-hybridized carbons (Fsp3) is 0.250. The molecule has 0 saturated heterocycles. The highest BCUT2D eigenvalue weighted by Crippen LogP contribution is 2.23. The molecule has 0 radical (unpaired) electrons. The molecule has 0 spiro atoms. The van der Waals surface area contributed by atoms with Crippen LogP contribution in [0, 0.1) is 0 Å². The van der Waals surface area contributed by atoms with Gasteiger partial charge in [0, 0.05) is 24.2 Å².